The van der Waals surface area contributed by atoms with Crippen LogP contribution in [0.4, 0.5) is 0 Å². The molecule has 0 bridgehead atoms. The summed E-state index contributed by atoms with van der Waals surface area (Å²) in [7, 11) is 0. The third kappa shape index (κ3) is 7.73. The molecule has 0 radical (unpaired) electrons. The predicted octanol–water partition coefficient (Wildman–Crippen LogP) is 3.73. The van der Waals surface area contributed by atoms with E-state index in [0.29, 0.717) is 6.42 Å². The van der Waals surface area contributed by atoms with Crippen molar-refractivity contribution in [1.82, 2.24) is 4.98 Å². The first kappa shape index (κ1) is 15.8. The van der Waals surface area contributed by atoms with Crippen LogP contribution in [0.1, 0.15) is 68.1 Å². The van der Waals surface area contributed by atoms with Gasteiger partial charge in [-0.3, -0.25) is 9.78 Å². The average Bonchev–Trinajstić information content (AvgIpc) is 2.46. The zero-order chi connectivity index (χ0) is 13.8. The molecule has 0 aromatic carbocycles. The molecule has 0 aliphatic rings. The lowest BCUT2D eigenvalue weighted by Crippen LogP contribution is -1.99. The quantitative estimate of drug-likeness (QED) is 0.488. The van der Waals surface area contributed by atoms with Gasteiger partial charge in [0, 0.05) is 24.4 Å². The Hall–Kier alpha value is -1.22. The first-order valence-corrected chi connectivity index (χ1v) is 7.48. The minimum atomic E-state index is 0.219. The van der Waals surface area contributed by atoms with E-state index in [0.717, 1.165) is 31.4 Å². The van der Waals surface area contributed by atoms with Crippen molar-refractivity contribution in [3.05, 3.63) is 30.1 Å². The number of carbonyl (C=O) groups is 1. The Kier molecular flexibility index (Phi) is 8.90. The lowest BCUT2D eigenvalue weighted by molar-refractivity contribution is 0.0978. The molecule has 0 aliphatic heterocycles. The minimum absolute atomic E-state index is 0.219. The van der Waals surface area contributed by atoms with Crippen molar-refractivity contribution in [2.45, 2.75) is 57.8 Å². The van der Waals surface area contributed by atoms with Crippen LogP contribution in [0.15, 0.2) is 24.5 Å². The fourth-order valence-electron chi connectivity index (χ4n) is 2.16. The first-order chi connectivity index (χ1) is 9.34. The molecule has 1 rings (SSSR count). The van der Waals surface area contributed by atoms with Gasteiger partial charge in [-0.1, -0.05) is 38.5 Å². The Morgan fingerprint density at radius 3 is 2.21 bits per heavy atom. The number of unbranched alkanes of at least 4 members (excludes halogenated alkanes) is 7. The molecule has 3 heteroatoms. The lowest BCUT2D eigenvalue weighted by atomic mass is 10.0. The third-order valence-electron chi connectivity index (χ3n) is 3.34. The van der Waals surface area contributed by atoms with E-state index in [-0.39, 0.29) is 5.78 Å². The third-order valence-corrected chi connectivity index (χ3v) is 3.34. The summed E-state index contributed by atoms with van der Waals surface area (Å²) in [6, 6.07) is 3.65. The molecule has 106 valence electrons. The molecule has 19 heavy (non-hydrogen) atoms. The largest absolute Gasteiger partial charge is 0.330 e. The van der Waals surface area contributed by atoms with Gasteiger partial charge in [-0.05, 0) is 31.5 Å². The zero-order valence-electron chi connectivity index (χ0n) is 11.8. The summed E-state index contributed by atoms with van der Waals surface area (Å²) in [5, 5.41) is 0. The van der Waals surface area contributed by atoms with Crippen LogP contribution >= 0.6 is 0 Å². The number of ketones is 1. The van der Waals surface area contributed by atoms with Crippen molar-refractivity contribution in [3.8, 4) is 0 Å². The van der Waals surface area contributed by atoms with Crippen LogP contribution in [0.3, 0.4) is 0 Å². The first-order valence-electron chi connectivity index (χ1n) is 7.48. The van der Waals surface area contributed by atoms with Crippen LogP contribution < -0.4 is 5.73 Å². The summed E-state index contributed by atoms with van der Waals surface area (Å²) in [6.45, 7) is 0.816. The highest BCUT2D eigenvalue weighted by Gasteiger charge is 2.04. The number of pyridine rings is 1. The highest BCUT2D eigenvalue weighted by Crippen LogP contribution is 2.11. The summed E-state index contributed by atoms with van der Waals surface area (Å²) < 4.78 is 0. The molecule has 1 heterocycles. The summed E-state index contributed by atoms with van der Waals surface area (Å²) in [6.07, 6.45) is 13.7. The Morgan fingerprint density at radius 2 is 1.63 bits per heavy atom. The Balaban J connectivity index is 1.95. The van der Waals surface area contributed by atoms with E-state index in [2.05, 4.69) is 4.98 Å². The average molecular weight is 262 g/mol. The van der Waals surface area contributed by atoms with Crippen LogP contribution in [-0.4, -0.2) is 17.3 Å². The molecular formula is C16H26N2O. The van der Waals surface area contributed by atoms with E-state index >= 15 is 0 Å². The number of carbonyl (C=O) groups excluding carboxylic acids is 1. The molecule has 3 nitrogen and oxygen atoms in total. The molecule has 0 amide bonds. The van der Waals surface area contributed by atoms with Crippen LogP contribution in [0.2, 0.25) is 0 Å². The second-order valence-corrected chi connectivity index (χ2v) is 5.03. The van der Waals surface area contributed by atoms with Crippen molar-refractivity contribution in [2.75, 3.05) is 6.54 Å². The molecule has 2 N–H and O–H groups in total. The SMILES string of the molecule is NCCCCCCCCCCC(=O)c1cccnc1. The van der Waals surface area contributed by atoms with E-state index in [1.165, 1.54) is 32.1 Å². The van der Waals surface area contributed by atoms with Gasteiger partial charge in [-0.15, -0.1) is 0 Å². The standard InChI is InChI=1S/C16H26N2O/c17-12-8-6-4-2-1-3-5-7-11-16(19)15-10-9-13-18-14-15/h9-10,13-14H,1-8,11-12,17H2. The molecule has 0 fully saturated rings. The molecule has 1 aromatic rings. The lowest BCUT2D eigenvalue weighted by Gasteiger charge is -2.02. The molecule has 0 saturated carbocycles. The molecule has 0 atom stereocenters. The number of hydrogen-bond acceptors (Lipinski definition) is 3. The fraction of sp³-hybridized carbons (Fsp3) is 0.625. The van der Waals surface area contributed by atoms with Gasteiger partial charge in [0.2, 0.25) is 0 Å². The zero-order valence-corrected chi connectivity index (χ0v) is 11.8. The van der Waals surface area contributed by atoms with Gasteiger partial charge in [-0.25, -0.2) is 0 Å². The summed E-state index contributed by atoms with van der Waals surface area (Å²) in [4.78, 5) is 15.8. The van der Waals surface area contributed by atoms with Gasteiger partial charge in [0.1, 0.15) is 0 Å². The van der Waals surface area contributed by atoms with E-state index in [9.17, 15) is 4.79 Å². The Labute approximate surface area is 116 Å². The maximum atomic E-state index is 11.8. The van der Waals surface area contributed by atoms with E-state index in [1.54, 1.807) is 12.4 Å². The maximum Gasteiger partial charge on any atom is 0.164 e. The number of nitrogens with zero attached hydrogens (tertiary/aromatic N) is 1. The number of aromatic nitrogens is 1. The van der Waals surface area contributed by atoms with Crippen molar-refractivity contribution in [1.29, 1.82) is 0 Å². The van der Waals surface area contributed by atoms with E-state index < -0.39 is 0 Å². The van der Waals surface area contributed by atoms with Gasteiger partial charge in [-0.2, -0.15) is 0 Å². The summed E-state index contributed by atoms with van der Waals surface area (Å²) in [5.74, 6) is 0.219. The molecule has 0 unspecified atom stereocenters. The number of Topliss-reactive ketones (excluding diaryl/α,β-unsaturated/α-hetero) is 1. The van der Waals surface area contributed by atoms with Gasteiger partial charge in [0.25, 0.3) is 0 Å². The Bertz CT molecular complexity index is 338. The molecule has 0 aliphatic carbocycles. The fourth-order valence-corrected chi connectivity index (χ4v) is 2.16. The van der Waals surface area contributed by atoms with Crippen LogP contribution in [-0.2, 0) is 0 Å². The second-order valence-electron chi connectivity index (χ2n) is 5.03. The number of nitrogens with two attached hydrogens (primary N) is 1. The highest BCUT2D eigenvalue weighted by atomic mass is 16.1. The number of rotatable bonds is 11. The molecular weight excluding hydrogens is 236 g/mol. The normalized spacial score (nSPS) is 10.6. The van der Waals surface area contributed by atoms with Gasteiger partial charge in [0.05, 0.1) is 0 Å². The molecule has 1 aromatic heterocycles. The van der Waals surface area contributed by atoms with Crippen molar-refractivity contribution < 1.29 is 4.79 Å². The van der Waals surface area contributed by atoms with Gasteiger partial charge in [0.15, 0.2) is 5.78 Å². The smallest absolute Gasteiger partial charge is 0.164 e. The monoisotopic (exact) mass is 262 g/mol. The van der Waals surface area contributed by atoms with Gasteiger partial charge < -0.3 is 5.73 Å². The van der Waals surface area contributed by atoms with Crippen LogP contribution in [0.25, 0.3) is 0 Å². The Morgan fingerprint density at radius 1 is 1.00 bits per heavy atom. The highest BCUT2D eigenvalue weighted by molar-refractivity contribution is 5.95. The maximum absolute atomic E-state index is 11.8. The minimum Gasteiger partial charge on any atom is -0.330 e. The summed E-state index contributed by atoms with van der Waals surface area (Å²) in [5.41, 5.74) is 6.19. The molecule has 0 saturated heterocycles. The summed E-state index contributed by atoms with van der Waals surface area (Å²) >= 11 is 0. The second kappa shape index (κ2) is 10.7. The van der Waals surface area contributed by atoms with Gasteiger partial charge >= 0.3 is 0 Å². The topological polar surface area (TPSA) is 56.0 Å². The van der Waals surface area contributed by atoms with E-state index in [4.69, 9.17) is 5.73 Å². The number of hydrogen-bond donors (Lipinski definition) is 1. The van der Waals surface area contributed by atoms with Crippen molar-refractivity contribution >= 4 is 5.78 Å². The van der Waals surface area contributed by atoms with Crippen LogP contribution in [0.5, 0.6) is 0 Å². The molecule has 0 spiro atoms. The van der Waals surface area contributed by atoms with Crippen LogP contribution in [0, 0.1) is 0 Å². The van der Waals surface area contributed by atoms with E-state index in [1.807, 2.05) is 12.1 Å². The van der Waals surface area contributed by atoms with Crippen molar-refractivity contribution in [3.63, 3.8) is 0 Å². The van der Waals surface area contributed by atoms with Crippen molar-refractivity contribution in [2.24, 2.45) is 5.73 Å². The predicted molar refractivity (Wildman–Crippen MR) is 79.2 cm³/mol.